The van der Waals surface area contributed by atoms with Crippen LogP contribution in [0, 0.1) is 5.41 Å². The van der Waals surface area contributed by atoms with Crippen molar-refractivity contribution < 1.29 is 15.0 Å². The summed E-state index contributed by atoms with van der Waals surface area (Å²) in [7, 11) is 0. The first-order chi connectivity index (χ1) is 19.3. The topological polar surface area (TPSA) is 60.8 Å². The van der Waals surface area contributed by atoms with Gasteiger partial charge in [0, 0.05) is 23.1 Å². The van der Waals surface area contributed by atoms with E-state index >= 15 is 0 Å². The van der Waals surface area contributed by atoms with E-state index in [0.717, 1.165) is 68.4 Å². The molecule has 1 saturated heterocycles. The minimum Gasteiger partial charge on any atom is -0.393 e. The highest BCUT2D eigenvalue weighted by atomic mass is 16.3. The van der Waals surface area contributed by atoms with Crippen LogP contribution in [0.4, 0.5) is 0 Å². The van der Waals surface area contributed by atoms with Gasteiger partial charge in [0.25, 0.3) is 0 Å². The van der Waals surface area contributed by atoms with E-state index in [0.29, 0.717) is 18.4 Å². The number of aliphatic hydroxyl groups excluding tert-OH is 1. The van der Waals surface area contributed by atoms with Gasteiger partial charge >= 0.3 is 0 Å². The molecule has 4 unspecified atom stereocenters. The van der Waals surface area contributed by atoms with Gasteiger partial charge in [0.15, 0.2) is 5.78 Å². The fourth-order valence-corrected chi connectivity index (χ4v) is 7.78. The minimum atomic E-state index is -0.808. The summed E-state index contributed by atoms with van der Waals surface area (Å²) in [4.78, 5) is 16.5. The van der Waals surface area contributed by atoms with Crippen molar-refractivity contribution in [3.05, 3.63) is 82.4 Å². The number of β-amino-alcohol motifs (C(OH)–C–C–N with tert-alkyl or cyclic N) is 1. The number of hydrogen-bond donors (Lipinski definition) is 2. The Bertz CT molecular complexity index is 1180. The van der Waals surface area contributed by atoms with Crippen LogP contribution in [0.2, 0.25) is 0 Å². The van der Waals surface area contributed by atoms with Gasteiger partial charge in [-0.3, -0.25) is 4.79 Å². The maximum absolute atomic E-state index is 14.0. The lowest BCUT2D eigenvalue weighted by atomic mass is 9.64. The number of hydrogen-bond acceptors (Lipinski definition) is 4. The third-order valence-electron chi connectivity index (χ3n) is 10.4. The zero-order chi connectivity index (χ0) is 28.2. The average Bonchev–Trinajstić information content (AvgIpc) is 3.18. The van der Waals surface area contributed by atoms with Crippen molar-refractivity contribution in [2.45, 2.75) is 109 Å². The van der Waals surface area contributed by atoms with Crippen LogP contribution in [0.15, 0.2) is 60.2 Å². The van der Waals surface area contributed by atoms with Gasteiger partial charge in [-0.15, -0.1) is 0 Å². The van der Waals surface area contributed by atoms with Crippen molar-refractivity contribution in [1.82, 2.24) is 4.90 Å². The second-order valence-corrected chi connectivity index (χ2v) is 13.2. The standard InChI is InChI=1S/C36H49NO3/c1-27-12-11-20-35(2)33(19-21-36(35,40)26-37-22-9-4-3-5-10-23-37)31-18-16-28(24-30(38)17-15-27)25-32(31)34(39)29-13-7-6-8-14-29/h6-8,12-14,16,18,25,30,33,38,40H,3-5,9-11,15,17,19-24,26H2,1-2H3. The summed E-state index contributed by atoms with van der Waals surface area (Å²) in [5.41, 5.74) is 3.65. The lowest BCUT2D eigenvalue weighted by molar-refractivity contribution is -0.0843. The first-order valence-electron chi connectivity index (χ1n) is 15.8. The molecular weight excluding hydrogens is 494 g/mol. The quantitative estimate of drug-likeness (QED) is 0.316. The van der Waals surface area contributed by atoms with Crippen molar-refractivity contribution in [2.24, 2.45) is 5.41 Å². The molecule has 2 aromatic rings. The number of carbonyl (C=O) groups excluding carboxylic acids is 1. The average molecular weight is 544 g/mol. The van der Waals surface area contributed by atoms with Gasteiger partial charge in [0.1, 0.15) is 0 Å². The fraction of sp³-hybridized carbons (Fsp3) is 0.583. The monoisotopic (exact) mass is 543 g/mol. The third kappa shape index (κ3) is 6.30. The SMILES string of the molecule is CC1=CCCC2(C)C(CCC2(O)CN2CCCCCCC2)c2ccc(cc2C(=O)c2ccccc2)CC(O)CC1. The Labute approximate surface area is 241 Å². The van der Waals surface area contributed by atoms with Crippen LogP contribution < -0.4 is 0 Å². The molecule has 3 aliphatic carbocycles. The van der Waals surface area contributed by atoms with Crippen LogP contribution in [0.25, 0.3) is 0 Å². The summed E-state index contributed by atoms with van der Waals surface area (Å²) < 4.78 is 0. The van der Waals surface area contributed by atoms with Gasteiger partial charge in [-0.25, -0.2) is 0 Å². The predicted molar refractivity (Wildman–Crippen MR) is 163 cm³/mol. The molecule has 0 aromatic heterocycles. The third-order valence-corrected chi connectivity index (χ3v) is 10.4. The number of nitrogens with zero attached hydrogens (tertiary/aromatic N) is 1. The largest absolute Gasteiger partial charge is 0.393 e. The zero-order valence-corrected chi connectivity index (χ0v) is 24.7. The number of aliphatic hydroxyl groups is 2. The molecule has 1 saturated carbocycles. The number of rotatable bonds is 4. The van der Waals surface area contributed by atoms with Gasteiger partial charge in [0.05, 0.1) is 11.7 Å². The zero-order valence-electron chi connectivity index (χ0n) is 24.7. The molecule has 0 radical (unpaired) electrons. The molecular formula is C36H49NO3. The highest BCUT2D eigenvalue weighted by Gasteiger charge is 2.57. The Hall–Kier alpha value is -2.27. The Balaban J connectivity index is 1.57. The number of benzene rings is 2. The molecule has 0 spiro atoms. The van der Waals surface area contributed by atoms with Crippen LogP contribution in [-0.4, -0.2) is 52.2 Å². The second kappa shape index (κ2) is 12.7. The smallest absolute Gasteiger partial charge is 0.193 e. The Morgan fingerprint density at radius 2 is 1.70 bits per heavy atom. The van der Waals surface area contributed by atoms with Crippen molar-refractivity contribution in [3.63, 3.8) is 0 Å². The van der Waals surface area contributed by atoms with E-state index in [2.05, 4.69) is 37.0 Å². The first-order valence-corrected chi connectivity index (χ1v) is 15.8. The van der Waals surface area contributed by atoms with Gasteiger partial charge in [-0.2, -0.15) is 0 Å². The first kappa shape index (κ1) is 29.2. The van der Waals surface area contributed by atoms with Gasteiger partial charge in [-0.1, -0.05) is 80.3 Å². The van der Waals surface area contributed by atoms with E-state index in [1.807, 2.05) is 36.4 Å². The van der Waals surface area contributed by atoms with E-state index in [1.54, 1.807) is 0 Å². The van der Waals surface area contributed by atoms with E-state index in [-0.39, 0.29) is 17.1 Å². The number of fused-ring (bicyclic) bond motifs is 8. The molecule has 40 heavy (non-hydrogen) atoms. The molecule has 6 rings (SSSR count). The molecule has 2 N–H and O–H groups in total. The molecule has 4 atom stereocenters. The molecule has 2 bridgehead atoms. The van der Waals surface area contributed by atoms with Crippen LogP contribution in [-0.2, 0) is 6.42 Å². The fourth-order valence-electron chi connectivity index (χ4n) is 7.78. The molecule has 4 aliphatic rings. The summed E-state index contributed by atoms with van der Waals surface area (Å²) in [6.07, 6.45) is 13.7. The minimum absolute atomic E-state index is 0.0383. The Morgan fingerprint density at radius 1 is 0.975 bits per heavy atom. The lowest BCUT2D eigenvalue weighted by Crippen LogP contribution is -2.53. The molecule has 4 nitrogen and oxygen atoms in total. The highest BCUT2D eigenvalue weighted by molar-refractivity contribution is 6.10. The van der Waals surface area contributed by atoms with E-state index < -0.39 is 11.7 Å². The maximum Gasteiger partial charge on any atom is 0.193 e. The van der Waals surface area contributed by atoms with Crippen LogP contribution in [0.5, 0.6) is 0 Å². The number of ketones is 1. The van der Waals surface area contributed by atoms with E-state index in [4.69, 9.17) is 0 Å². The van der Waals surface area contributed by atoms with Gasteiger partial charge < -0.3 is 15.1 Å². The molecule has 216 valence electrons. The van der Waals surface area contributed by atoms with Crippen LogP contribution in [0.3, 0.4) is 0 Å². The Morgan fingerprint density at radius 3 is 2.45 bits per heavy atom. The second-order valence-electron chi connectivity index (χ2n) is 13.2. The molecule has 1 heterocycles. The highest BCUT2D eigenvalue weighted by Crippen LogP contribution is 2.59. The summed E-state index contributed by atoms with van der Waals surface area (Å²) in [5, 5.41) is 23.4. The van der Waals surface area contributed by atoms with Gasteiger partial charge in [0.2, 0.25) is 0 Å². The van der Waals surface area contributed by atoms with E-state index in [9.17, 15) is 15.0 Å². The van der Waals surface area contributed by atoms with E-state index in [1.165, 1.54) is 37.7 Å². The maximum atomic E-state index is 14.0. The van der Waals surface area contributed by atoms with Crippen molar-refractivity contribution in [2.75, 3.05) is 19.6 Å². The summed E-state index contributed by atoms with van der Waals surface area (Å²) in [5.74, 6) is 0.127. The molecule has 2 aromatic carbocycles. The van der Waals surface area contributed by atoms with Crippen LogP contribution in [0.1, 0.15) is 117 Å². The molecule has 1 aliphatic heterocycles. The summed E-state index contributed by atoms with van der Waals surface area (Å²) in [6, 6.07) is 15.9. The van der Waals surface area contributed by atoms with Crippen LogP contribution >= 0.6 is 0 Å². The van der Waals surface area contributed by atoms with Gasteiger partial charge in [-0.05, 0) is 101 Å². The molecule has 0 amide bonds. The van der Waals surface area contributed by atoms with Crippen molar-refractivity contribution in [1.29, 1.82) is 0 Å². The molecule has 2 fully saturated rings. The number of carbonyl (C=O) groups is 1. The number of likely N-dealkylation sites (tertiary alicyclic amines) is 1. The summed E-state index contributed by atoms with van der Waals surface area (Å²) >= 11 is 0. The lowest BCUT2D eigenvalue weighted by Gasteiger charge is -2.46. The predicted octanol–water partition coefficient (Wildman–Crippen LogP) is 7.22. The summed E-state index contributed by atoms with van der Waals surface area (Å²) in [6.45, 7) is 7.32. The Kier molecular flexibility index (Phi) is 9.29. The normalized spacial score (nSPS) is 30.6. The van der Waals surface area contributed by atoms with Crippen molar-refractivity contribution >= 4 is 5.78 Å². The molecule has 4 heteroatoms. The van der Waals surface area contributed by atoms with Crippen molar-refractivity contribution in [3.8, 4) is 0 Å². The number of allylic oxidation sites excluding steroid dienone is 2.